The van der Waals surface area contributed by atoms with Gasteiger partial charge >= 0.3 is 12.1 Å². The van der Waals surface area contributed by atoms with Gasteiger partial charge in [0.05, 0.1) is 0 Å². The van der Waals surface area contributed by atoms with Crippen LogP contribution in [0.5, 0.6) is 0 Å². The second-order valence-corrected chi connectivity index (χ2v) is 8.91. The maximum absolute atomic E-state index is 12.7. The van der Waals surface area contributed by atoms with E-state index < -0.39 is 11.6 Å². The molecule has 0 bridgehead atoms. The molecule has 0 aromatic heterocycles. The summed E-state index contributed by atoms with van der Waals surface area (Å²) in [5.41, 5.74) is -0.976. The van der Waals surface area contributed by atoms with Crippen molar-refractivity contribution in [1.82, 2.24) is 25.8 Å². The van der Waals surface area contributed by atoms with Crippen molar-refractivity contribution in [2.45, 2.75) is 57.3 Å². The number of imide groups is 1. The predicted octanol–water partition coefficient (Wildman–Crippen LogP) is -0.0105. The lowest BCUT2D eigenvalue weighted by Gasteiger charge is -2.46. The summed E-state index contributed by atoms with van der Waals surface area (Å²) in [7, 11) is 0. The van der Waals surface area contributed by atoms with Crippen LogP contribution in [0.15, 0.2) is 0 Å². The number of nitrogens with zero attached hydrogens (tertiary/aromatic N) is 2. The zero-order valence-corrected chi connectivity index (χ0v) is 16.9. The van der Waals surface area contributed by atoms with Crippen LogP contribution in [-0.2, 0) is 14.3 Å². The number of fused-ring (bicyclic) bond motifs is 1. The van der Waals surface area contributed by atoms with Gasteiger partial charge in [-0.2, -0.15) is 0 Å². The van der Waals surface area contributed by atoms with Gasteiger partial charge in [-0.3, -0.25) is 14.5 Å². The minimum atomic E-state index is -0.976. The molecule has 4 fully saturated rings. The first-order valence-electron chi connectivity index (χ1n) is 10.4. The summed E-state index contributed by atoms with van der Waals surface area (Å²) in [6.45, 7) is 4.78. The molecule has 0 unspecified atom stereocenters. The second kappa shape index (κ2) is 7.47. The number of amides is 6. The van der Waals surface area contributed by atoms with E-state index in [9.17, 15) is 19.2 Å². The van der Waals surface area contributed by atoms with Crippen LogP contribution in [0.3, 0.4) is 0 Å². The highest BCUT2D eigenvalue weighted by Gasteiger charge is 2.46. The van der Waals surface area contributed by atoms with Gasteiger partial charge in [0.25, 0.3) is 5.91 Å². The minimum absolute atomic E-state index is 0.0399. The Morgan fingerprint density at radius 3 is 2.52 bits per heavy atom. The molecule has 0 aliphatic carbocycles. The summed E-state index contributed by atoms with van der Waals surface area (Å²) >= 11 is 0. The molecule has 4 heterocycles. The summed E-state index contributed by atoms with van der Waals surface area (Å²) in [4.78, 5) is 51.7. The van der Waals surface area contributed by atoms with Gasteiger partial charge in [-0.1, -0.05) is 0 Å². The smallest absolute Gasteiger partial charge is 0.325 e. The quantitative estimate of drug-likeness (QED) is 0.569. The van der Waals surface area contributed by atoms with Crippen LogP contribution in [0.4, 0.5) is 9.59 Å². The van der Waals surface area contributed by atoms with Crippen molar-refractivity contribution < 1.29 is 23.9 Å². The average molecular weight is 407 g/mol. The molecule has 160 valence electrons. The predicted molar refractivity (Wildman–Crippen MR) is 102 cm³/mol. The Morgan fingerprint density at radius 1 is 1.14 bits per heavy atom. The third-order valence-electron chi connectivity index (χ3n) is 6.54. The van der Waals surface area contributed by atoms with Crippen molar-refractivity contribution in [2.75, 3.05) is 26.2 Å². The molecule has 10 nitrogen and oxygen atoms in total. The molecule has 0 spiro atoms. The summed E-state index contributed by atoms with van der Waals surface area (Å²) in [6, 6.07) is -0.681. The lowest BCUT2D eigenvalue weighted by molar-refractivity contribution is -0.139. The molecule has 3 atom stereocenters. The van der Waals surface area contributed by atoms with Crippen LogP contribution in [0.25, 0.3) is 0 Å². The van der Waals surface area contributed by atoms with E-state index in [1.165, 1.54) is 0 Å². The van der Waals surface area contributed by atoms with Gasteiger partial charge in [-0.15, -0.1) is 0 Å². The molecule has 4 aliphatic rings. The Hall–Kier alpha value is -2.36. The first-order chi connectivity index (χ1) is 13.8. The normalized spacial score (nSPS) is 32.3. The van der Waals surface area contributed by atoms with Crippen molar-refractivity contribution in [3.8, 4) is 0 Å². The Morgan fingerprint density at radius 2 is 1.86 bits per heavy atom. The van der Waals surface area contributed by atoms with E-state index in [0.717, 1.165) is 30.6 Å². The number of nitrogens with one attached hydrogen (secondary N) is 3. The van der Waals surface area contributed by atoms with Gasteiger partial charge in [0.15, 0.2) is 0 Å². The maximum atomic E-state index is 12.7. The fourth-order valence-corrected chi connectivity index (χ4v) is 4.92. The molecule has 0 saturated carbocycles. The fourth-order valence-electron chi connectivity index (χ4n) is 4.92. The van der Waals surface area contributed by atoms with Gasteiger partial charge in [0.2, 0.25) is 5.91 Å². The first kappa shape index (κ1) is 19.9. The molecule has 4 rings (SSSR count). The van der Waals surface area contributed by atoms with Crippen LogP contribution < -0.4 is 16.0 Å². The Bertz CT molecular complexity index is 718. The van der Waals surface area contributed by atoms with Crippen molar-refractivity contribution in [3.05, 3.63) is 0 Å². The fraction of sp³-hybridized carbons (Fsp3) is 0.789. The van der Waals surface area contributed by atoms with Gasteiger partial charge in [0, 0.05) is 31.7 Å². The SMILES string of the molecule is CC1(C)NC(=O)N(CC(=O)N2CCC([C@@H]3NC(=O)N[C@H]4OCCC[C@H]43)CC2)C1=O. The number of ether oxygens (including phenoxy) is 1. The van der Waals surface area contributed by atoms with E-state index in [2.05, 4.69) is 16.0 Å². The largest absolute Gasteiger partial charge is 0.358 e. The highest BCUT2D eigenvalue weighted by molar-refractivity contribution is 6.08. The standard InChI is InChI=1S/C19H29N5O5/c1-19(2)16(26)24(18(28)22-19)10-13(25)23-7-5-11(6-8-23)14-12-4-3-9-29-15(12)21-17(27)20-14/h11-12,14-15H,3-10H2,1-2H3,(H,22,28)(H2,20,21,27)/t12-,14-,15-/m0/s1. The molecular formula is C19H29N5O5. The van der Waals surface area contributed by atoms with E-state index in [4.69, 9.17) is 4.74 Å². The summed E-state index contributed by atoms with van der Waals surface area (Å²) in [5.74, 6) is -0.0961. The van der Waals surface area contributed by atoms with Gasteiger partial charge < -0.3 is 25.6 Å². The van der Waals surface area contributed by atoms with Crippen molar-refractivity contribution in [2.24, 2.45) is 11.8 Å². The first-order valence-corrected chi connectivity index (χ1v) is 10.4. The van der Waals surface area contributed by atoms with Crippen LogP contribution in [0, 0.1) is 11.8 Å². The molecule has 0 aromatic rings. The van der Waals surface area contributed by atoms with Crippen LogP contribution >= 0.6 is 0 Å². The van der Waals surface area contributed by atoms with Gasteiger partial charge in [-0.25, -0.2) is 9.59 Å². The number of carbonyl (C=O) groups is 4. The molecule has 3 N–H and O–H groups in total. The number of carbonyl (C=O) groups excluding carboxylic acids is 4. The molecule has 4 saturated heterocycles. The third kappa shape index (κ3) is 3.77. The minimum Gasteiger partial charge on any atom is -0.358 e. The van der Waals surface area contributed by atoms with Crippen LogP contribution in [0.1, 0.15) is 39.5 Å². The number of hydrogen-bond acceptors (Lipinski definition) is 5. The molecule has 6 amide bonds. The topological polar surface area (TPSA) is 120 Å². The van der Waals surface area contributed by atoms with Crippen LogP contribution in [-0.4, -0.2) is 77.7 Å². The number of rotatable bonds is 3. The monoisotopic (exact) mass is 407 g/mol. The van der Waals surface area contributed by atoms with Gasteiger partial charge in [-0.05, 0) is 45.4 Å². The molecule has 0 aromatic carbocycles. The van der Waals surface area contributed by atoms with Crippen LogP contribution in [0.2, 0.25) is 0 Å². The summed E-state index contributed by atoms with van der Waals surface area (Å²) in [5, 5.41) is 8.52. The maximum Gasteiger partial charge on any atom is 0.325 e. The average Bonchev–Trinajstić information content (AvgIpc) is 2.89. The lowest BCUT2D eigenvalue weighted by atomic mass is 9.77. The zero-order valence-electron chi connectivity index (χ0n) is 16.9. The summed E-state index contributed by atoms with van der Waals surface area (Å²) < 4.78 is 5.73. The van der Waals surface area contributed by atoms with Crippen molar-refractivity contribution in [1.29, 1.82) is 0 Å². The van der Waals surface area contributed by atoms with Gasteiger partial charge in [0.1, 0.15) is 18.3 Å². The van der Waals surface area contributed by atoms with Crippen molar-refractivity contribution in [3.63, 3.8) is 0 Å². The Labute approximate surface area is 169 Å². The van der Waals surface area contributed by atoms with E-state index in [0.29, 0.717) is 19.7 Å². The number of likely N-dealkylation sites (tertiary alicyclic amines) is 1. The van der Waals surface area contributed by atoms with E-state index in [-0.39, 0.29) is 48.5 Å². The molecule has 4 aliphatic heterocycles. The number of piperidine rings is 1. The summed E-state index contributed by atoms with van der Waals surface area (Å²) in [6.07, 6.45) is 3.29. The number of urea groups is 2. The Balaban J connectivity index is 1.33. The number of hydrogen-bond donors (Lipinski definition) is 3. The Kier molecular flexibility index (Phi) is 5.14. The highest BCUT2D eigenvalue weighted by atomic mass is 16.5. The molecule has 10 heteroatoms. The highest BCUT2D eigenvalue weighted by Crippen LogP contribution is 2.33. The second-order valence-electron chi connectivity index (χ2n) is 8.91. The molecule has 0 radical (unpaired) electrons. The van der Waals surface area contributed by atoms with E-state index in [1.807, 2.05) is 0 Å². The molecule has 29 heavy (non-hydrogen) atoms. The lowest BCUT2D eigenvalue weighted by Crippen LogP contribution is -2.65. The van der Waals surface area contributed by atoms with E-state index in [1.54, 1.807) is 18.7 Å². The molecular weight excluding hydrogens is 378 g/mol. The zero-order chi connectivity index (χ0) is 20.8. The van der Waals surface area contributed by atoms with E-state index >= 15 is 0 Å². The third-order valence-corrected chi connectivity index (χ3v) is 6.54. The van der Waals surface area contributed by atoms with Crippen molar-refractivity contribution >= 4 is 23.9 Å².